The Bertz CT molecular complexity index is 1560. The lowest BCUT2D eigenvalue weighted by Gasteiger charge is -2.27. The monoisotopic (exact) mass is 643 g/mol. The van der Waals surface area contributed by atoms with Gasteiger partial charge in [0, 0.05) is 24.8 Å². The molecule has 2 amide bonds. The number of nitrogens with zero attached hydrogens (tertiary/aromatic N) is 5. The maximum absolute atomic E-state index is 12.8. The van der Waals surface area contributed by atoms with Crippen molar-refractivity contribution in [1.82, 2.24) is 24.9 Å². The molecule has 2 saturated heterocycles. The SMILES string of the molecule is CC(C)(C)OC(=O)N1CCCC1c1nc(-c2ccc(-c3ccc(-c4cnc(C5CCCN5C(=O)OC(C)(C)C)s4)cc3)cc2)no1. The van der Waals surface area contributed by atoms with Gasteiger partial charge in [-0.2, -0.15) is 4.98 Å². The summed E-state index contributed by atoms with van der Waals surface area (Å²) in [4.78, 5) is 39.4. The summed E-state index contributed by atoms with van der Waals surface area (Å²) in [7, 11) is 0. The number of amides is 2. The molecule has 46 heavy (non-hydrogen) atoms. The summed E-state index contributed by atoms with van der Waals surface area (Å²) in [6, 6.07) is 16.1. The molecule has 2 aromatic carbocycles. The minimum absolute atomic E-state index is 0.0521. The van der Waals surface area contributed by atoms with E-state index in [4.69, 9.17) is 19.0 Å². The highest BCUT2D eigenvalue weighted by Gasteiger charge is 2.37. The number of hydrogen-bond acceptors (Lipinski definition) is 9. The Morgan fingerprint density at radius 1 is 0.761 bits per heavy atom. The Balaban J connectivity index is 1.11. The number of carbonyl (C=O) groups excluding carboxylic acids is 2. The van der Waals surface area contributed by atoms with Crippen molar-refractivity contribution in [3.8, 4) is 33.0 Å². The molecule has 0 radical (unpaired) electrons. The van der Waals surface area contributed by atoms with E-state index in [1.807, 2.05) is 76.9 Å². The lowest BCUT2D eigenvalue weighted by atomic mass is 10.0. The molecule has 0 aliphatic carbocycles. The fourth-order valence-corrected chi connectivity index (χ4v) is 6.90. The summed E-state index contributed by atoms with van der Waals surface area (Å²) in [5, 5.41) is 5.15. The first-order chi connectivity index (χ1) is 21.8. The van der Waals surface area contributed by atoms with Gasteiger partial charge in [0.15, 0.2) is 0 Å². The molecule has 4 aromatic rings. The first kappa shape index (κ1) is 31.7. The lowest BCUT2D eigenvalue weighted by molar-refractivity contribution is 0.0196. The molecule has 4 heterocycles. The van der Waals surface area contributed by atoms with Gasteiger partial charge < -0.3 is 14.0 Å². The van der Waals surface area contributed by atoms with Crippen LogP contribution >= 0.6 is 11.3 Å². The highest BCUT2D eigenvalue weighted by atomic mass is 32.1. The third kappa shape index (κ3) is 7.09. The fourth-order valence-electron chi connectivity index (χ4n) is 5.83. The molecule has 0 bridgehead atoms. The first-order valence-corrected chi connectivity index (χ1v) is 16.7. The Morgan fingerprint density at radius 3 is 1.83 bits per heavy atom. The lowest BCUT2D eigenvalue weighted by Crippen LogP contribution is -2.36. The second kappa shape index (κ2) is 12.5. The van der Waals surface area contributed by atoms with Crippen molar-refractivity contribution >= 4 is 23.5 Å². The molecule has 242 valence electrons. The number of aromatic nitrogens is 3. The van der Waals surface area contributed by atoms with Gasteiger partial charge in [-0.1, -0.05) is 53.7 Å². The van der Waals surface area contributed by atoms with Crippen molar-refractivity contribution < 1.29 is 23.6 Å². The van der Waals surface area contributed by atoms with Gasteiger partial charge in [0.2, 0.25) is 11.7 Å². The average Bonchev–Trinajstić information content (AvgIpc) is 3.82. The summed E-state index contributed by atoms with van der Waals surface area (Å²) in [6.45, 7) is 12.5. The molecule has 10 nitrogen and oxygen atoms in total. The number of rotatable bonds is 5. The Hall–Kier alpha value is -4.25. The van der Waals surface area contributed by atoms with Crippen LogP contribution in [0.15, 0.2) is 59.3 Å². The minimum Gasteiger partial charge on any atom is -0.444 e. The van der Waals surface area contributed by atoms with Crippen LogP contribution in [-0.2, 0) is 9.47 Å². The van der Waals surface area contributed by atoms with E-state index in [1.165, 1.54) is 0 Å². The van der Waals surface area contributed by atoms with E-state index in [1.54, 1.807) is 16.2 Å². The summed E-state index contributed by atoms with van der Waals surface area (Å²) in [5.74, 6) is 0.913. The Morgan fingerprint density at radius 2 is 1.26 bits per heavy atom. The van der Waals surface area contributed by atoms with Crippen LogP contribution in [0.1, 0.15) is 90.2 Å². The van der Waals surface area contributed by atoms with Crippen LogP contribution in [0.5, 0.6) is 0 Å². The van der Waals surface area contributed by atoms with Crippen LogP contribution in [-0.4, -0.2) is 61.4 Å². The molecule has 2 aromatic heterocycles. The van der Waals surface area contributed by atoms with E-state index in [2.05, 4.69) is 34.4 Å². The van der Waals surface area contributed by atoms with E-state index >= 15 is 0 Å². The van der Waals surface area contributed by atoms with Crippen molar-refractivity contribution in [1.29, 1.82) is 0 Å². The van der Waals surface area contributed by atoms with E-state index in [0.717, 1.165) is 57.8 Å². The normalized spacial score (nSPS) is 18.7. The molecule has 2 fully saturated rings. The average molecular weight is 644 g/mol. The topological polar surface area (TPSA) is 111 Å². The molecule has 2 atom stereocenters. The van der Waals surface area contributed by atoms with Gasteiger partial charge in [-0.15, -0.1) is 11.3 Å². The second-order valence-corrected chi connectivity index (χ2v) is 14.9. The molecule has 2 unspecified atom stereocenters. The van der Waals surface area contributed by atoms with Gasteiger partial charge in [0.25, 0.3) is 0 Å². The summed E-state index contributed by atoms with van der Waals surface area (Å²) in [5.41, 5.74) is 2.96. The molecule has 0 saturated carbocycles. The van der Waals surface area contributed by atoms with Gasteiger partial charge in [-0.05, 0) is 83.9 Å². The zero-order valence-corrected chi connectivity index (χ0v) is 28.1. The number of carbonyl (C=O) groups is 2. The van der Waals surface area contributed by atoms with Crippen LogP contribution < -0.4 is 0 Å². The predicted octanol–water partition coefficient (Wildman–Crippen LogP) is 8.67. The highest BCUT2D eigenvalue weighted by molar-refractivity contribution is 7.15. The molecule has 0 spiro atoms. The number of thiazole rings is 1. The smallest absolute Gasteiger partial charge is 0.410 e. The zero-order chi connectivity index (χ0) is 32.6. The molecule has 0 N–H and O–H groups in total. The molecule has 2 aliphatic heterocycles. The van der Waals surface area contributed by atoms with E-state index in [0.29, 0.717) is 24.8 Å². The first-order valence-electron chi connectivity index (χ1n) is 15.8. The van der Waals surface area contributed by atoms with Crippen molar-refractivity contribution in [2.75, 3.05) is 13.1 Å². The molecule has 6 rings (SSSR count). The number of benzene rings is 2. The van der Waals surface area contributed by atoms with Gasteiger partial charge in [-0.25, -0.2) is 14.6 Å². The molecule has 11 heteroatoms. The van der Waals surface area contributed by atoms with E-state index in [-0.39, 0.29) is 24.3 Å². The van der Waals surface area contributed by atoms with Crippen LogP contribution in [0.2, 0.25) is 0 Å². The Labute approximate surface area is 273 Å². The van der Waals surface area contributed by atoms with Gasteiger partial charge >= 0.3 is 12.2 Å². The second-order valence-electron chi connectivity index (χ2n) is 13.8. The molecule has 2 aliphatic rings. The van der Waals surface area contributed by atoms with Crippen LogP contribution in [0.3, 0.4) is 0 Å². The van der Waals surface area contributed by atoms with Crippen molar-refractivity contribution in [2.45, 2.75) is 90.5 Å². The van der Waals surface area contributed by atoms with Gasteiger partial charge in [0.05, 0.1) is 10.9 Å². The standard InChI is InChI=1S/C35H41N5O5S/c1-34(2,3)43-32(41)39-19-7-9-26(39)30-37-29(38-45-30)25-17-13-23(14-18-25)22-11-15-24(16-12-22)28-21-36-31(46-28)27-10-8-20-40(27)33(42)44-35(4,5)6/h11-18,21,26-27H,7-10,19-20H2,1-6H3. The van der Waals surface area contributed by atoms with Crippen molar-refractivity contribution in [3.05, 3.63) is 65.6 Å². The van der Waals surface area contributed by atoms with Crippen LogP contribution in [0.25, 0.3) is 33.0 Å². The summed E-state index contributed by atoms with van der Waals surface area (Å²) < 4.78 is 16.8. The quantitative estimate of drug-likeness (QED) is 0.212. The predicted molar refractivity (Wildman–Crippen MR) is 176 cm³/mol. The van der Waals surface area contributed by atoms with Crippen LogP contribution in [0.4, 0.5) is 9.59 Å². The summed E-state index contributed by atoms with van der Waals surface area (Å²) in [6.07, 6.45) is 4.69. The molecular formula is C35H41N5O5S. The third-order valence-electron chi connectivity index (χ3n) is 7.94. The van der Waals surface area contributed by atoms with Gasteiger partial charge in [-0.3, -0.25) is 9.80 Å². The maximum atomic E-state index is 12.8. The number of ether oxygens (including phenoxy) is 2. The van der Waals surface area contributed by atoms with Crippen molar-refractivity contribution in [3.63, 3.8) is 0 Å². The van der Waals surface area contributed by atoms with E-state index in [9.17, 15) is 9.59 Å². The maximum Gasteiger partial charge on any atom is 0.410 e. The molecular weight excluding hydrogens is 602 g/mol. The highest BCUT2D eigenvalue weighted by Crippen LogP contribution is 2.39. The van der Waals surface area contributed by atoms with Crippen LogP contribution in [0, 0.1) is 0 Å². The Kier molecular flexibility index (Phi) is 8.62. The van der Waals surface area contributed by atoms with E-state index < -0.39 is 11.2 Å². The number of hydrogen-bond donors (Lipinski definition) is 0. The fraction of sp³-hybridized carbons (Fsp3) is 0.457. The summed E-state index contributed by atoms with van der Waals surface area (Å²) >= 11 is 1.63. The zero-order valence-electron chi connectivity index (χ0n) is 27.3. The minimum atomic E-state index is -0.570. The van der Waals surface area contributed by atoms with Gasteiger partial charge in [0.1, 0.15) is 22.3 Å². The third-order valence-corrected chi connectivity index (χ3v) is 9.09. The number of likely N-dealkylation sites (tertiary alicyclic amines) is 2. The largest absolute Gasteiger partial charge is 0.444 e. The van der Waals surface area contributed by atoms with Crippen molar-refractivity contribution in [2.24, 2.45) is 0 Å².